The molecule has 1 unspecified atom stereocenters. The number of rotatable bonds is 2. The Bertz CT molecular complexity index is 546. The van der Waals surface area contributed by atoms with Gasteiger partial charge in [0.15, 0.2) is 11.6 Å². The molecule has 0 radical (unpaired) electrons. The van der Waals surface area contributed by atoms with E-state index in [0.717, 1.165) is 6.07 Å². The number of nitrogens with two attached hydrogens (primary N) is 1. The zero-order chi connectivity index (χ0) is 12.4. The van der Waals surface area contributed by atoms with Gasteiger partial charge in [-0.25, -0.2) is 8.78 Å². The van der Waals surface area contributed by atoms with Crippen molar-refractivity contribution in [3.8, 4) is 0 Å². The molecule has 0 aliphatic rings. The molecule has 2 N–H and O–H groups in total. The number of hydrogen-bond acceptors (Lipinski definition) is 2. The van der Waals surface area contributed by atoms with Gasteiger partial charge in [-0.1, -0.05) is 23.7 Å². The Balaban J connectivity index is 2.48. The molecule has 5 heteroatoms. The molecule has 1 aromatic heterocycles. The molecule has 0 aliphatic heterocycles. The number of pyridine rings is 1. The summed E-state index contributed by atoms with van der Waals surface area (Å²) in [4.78, 5) is 3.98. The van der Waals surface area contributed by atoms with Crippen molar-refractivity contribution in [1.82, 2.24) is 4.98 Å². The molecule has 0 fully saturated rings. The first kappa shape index (κ1) is 12.0. The van der Waals surface area contributed by atoms with Crippen molar-refractivity contribution in [3.63, 3.8) is 0 Å². The lowest BCUT2D eigenvalue weighted by atomic mass is 10.0. The van der Waals surface area contributed by atoms with Crippen LogP contribution in [0.5, 0.6) is 0 Å². The minimum Gasteiger partial charge on any atom is -0.319 e. The predicted octanol–water partition coefficient (Wildman–Crippen LogP) is 3.06. The van der Waals surface area contributed by atoms with Gasteiger partial charge in [0.2, 0.25) is 0 Å². The first-order chi connectivity index (χ1) is 8.11. The van der Waals surface area contributed by atoms with E-state index in [1.165, 1.54) is 18.3 Å². The Morgan fingerprint density at radius 2 is 1.94 bits per heavy atom. The van der Waals surface area contributed by atoms with Crippen LogP contribution in [-0.2, 0) is 0 Å². The van der Waals surface area contributed by atoms with Crippen molar-refractivity contribution in [3.05, 3.63) is 64.4 Å². The van der Waals surface area contributed by atoms with E-state index in [9.17, 15) is 8.78 Å². The lowest BCUT2D eigenvalue weighted by Crippen LogP contribution is -2.16. The minimum absolute atomic E-state index is 0.0330. The molecular weight excluding hydrogens is 246 g/mol. The molecule has 0 saturated heterocycles. The van der Waals surface area contributed by atoms with Crippen LogP contribution in [0, 0.1) is 11.6 Å². The Morgan fingerprint density at radius 3 is 2.65 bits per heavy atom. The molecule has 0 saturated carbocycles. The van der Waals surface area contributed by atoms with E-state index < -0.39 is 17.7 Å². The lowest BCUT2D eigenvalue weighted by molar-refractivity contribution is 0.494. The second-order valence-electron chi connectivity index (χ2n) is 3.49. The molecule has 88 valence electrons. The maximum Gasteiger partial charge on any atom is 0.163 e. The highest BCUT2D eigenvalue weighted by atomic mass is 35.5. The molecule has 0 aliphatic carbocycles. The summed E-state index contributed by atoms with van der Waals surface area (Å²) in [5.41, 5.74) is 6.18. The Morgan fingerprint density at radius 1 is 1.18 bits per heavy atom. The third-order valence-electron chi connectivity index (χ3n) is 2.40. The molecular formula is C12H9ClF2N2. The van der Waals surface area contributed by atoms with Gasteiger partial charge in [0.25, 0.3) is 0 Å². The molecule has 1 aromatic carbocycles. The van der Waals surface area contributed by atoms with E-state index in [0.29, 0.717) is 10.7 Å². The zero-order valence-electron chi connectivity index (χ0n) is 8.70. The van der Waals surface area contributed by atoms with Gasteiger partial charge in [0.05, 0.1) is 16.8 Å². The minimum atomic E-state index is -0.971. The van der Waals surface area contributed by atoms with Gasteiger partial charge < -0.3 is 5.73 Å². The number of aromatic nitrogens is 1. The van der Waals surface area contributed by atoms with Crippen molar-refractivity contribution in [2.75, 3.05) is 0 Å². The maximum atomic E-state index is 13.5. The second kappa shape index (κ2) is 4.77. The van der Waals surface area contributed by atoms with Gasteiger partial charge >= 0.3 is 0 Å². The van der Waals surface area contributed by atoms with Crippen LogP contribution in [0.3, 0.4) is 0 Å². The van der Waals surface area contributed by atoms with E-state index in [4.69, 9.17) is 17.3 Å². The van der Waals surface area contributed by atoms with E-state index in [1.54, 1.807) is 12.1 Å². The van der Waals surface area contributed by atoms with Crippen LogP contribution in [0.25, 0.3) is 0 Å². The monoisotopic (exact) mass is 254 g/mol. The molecule has 0 amide bonds. The summed E-state index contributed by atoms with van der Waals surface area (Å²) in [6.07, 6.45) is 1.50. The number of nitrogens with zero attached hydrogens (tertiary/aromatic N) is 1. The summed E-state index contributed by atoms with van der Waals surface area (Å²) in [6.45, 7) is 0. The molecule has 0 bridgehead atoms. The highest BCUT2D eigenvalue weighted by molar-refractivity contribution is 6.31. The van der Waals surface area contributed by atoms with Crippen LogP contribution in [0.2, 0.25) is 5.02 Å². The van der Waals surface area contributed by atoms with Crippen molar-refractivity contribution in [1.29, 1.82) is 0 Å². The van der Waals surface area contributed by atoms with Crippen molar-refractivity contribution in [2.45, 2.75) is 6.04 Å². The fourth-order valence-electron chi connectivity index (χ4n) is 1.53. The Kier molecular flexibility index (Phi) is 3.36. The van der Waals surface area contributed by atoms with Gasteiger partial charge in [-0.05, 0) is 18.2 Å². The first-order valence-electron chi connectivity index (χ1n) is 4.91. The van der Waals surface area contributed by atoms with Crippen LogP contribution in [0.15, 0.2) is 36.5 Å². The van der Waals surface area contributed by atoms with E-state index in [2.05, 4.69) is 4.98 Å². The standard InChI is InChI=1S/C12H9ClF2N2/c13-8-4-2-6-17-12(8)11(16)7-3-1-5-9(14)10(7)15/h1-6,11H,16H2. The molecule has 2 rings (SSSR count). The highest BCUT2D eigenvalue weighted by Crippen LogP contribution is 2.26. The summed E-state index contributed by atoms with van der Waals surface area (Å²) in [5, 5.41) is 0.323. The summed E-state index contributed by atoms with van der Waals surface area (Å²) in [6, 6.07) is 6.19. The molecule has 1 heterocycles. The average molecular weight is 255 g/mol. The van der Waals surface area contributed by atoms with Crippen LogP contribution < -0.4 is 5.73 Å². The topological polar surface area (TPSA) is 38.9 Å². The fraction of sp³-hybridized carbons (Fsp3) is 0.0833. The summed E-state index contributed by atoms with van der Waals surface area (Å²) in [7, 11) is 0. The van der Waals surface area contributed by atoms with E-state index in [-0.39, 0.29) is 5.56 Å². The summed E-state index contributed by atoms with van der Waals surface area (Å²) in [5.74, 6) is -1.91. The van der Waals surface area contributed by atoms with Gasteiger partial charge in [-0.15, -0.1) is 0 Å². The largest absolute Gasteiger partial charge is 0.319 e. The highest BCUT2D eigenvalue weighted by Gasteiger charge is 2.19. The molecule has 0 spiro atoms. The lowest BCUT2D eigenvalue weighted by Gasteiger charge is -2.13. The van der Waals surface area contributed by atoms with Gasteiger partial charge in [-0.2, -0.15) is 0 Å². The second-order valence-corrected chi connectivity index (χ2v) is 3.90. The first-order valence-corrected chi connectivity index (χ1v) is 5.29. The van der Waals surface area contributed by atoms with E-state index in [1.807, 2.05) is 0 Å². The maximum absolute atomic E-state index is 13.5. The molecule has 1 atom stereocenters. The zero-order valence-corrected chi connectivity index (χ0v) is 9.46. The van der Waals surface area contributed by atoms with Crippen LogP contribution >= 0.6 is 11.6 Å². The summed E-state index contributed by atoms with van der Waals surface area (Å²) >= 11 is 5.90. The number of hydrogen-bond donors (Lipinski definition) is 1. The van der Waals surface area contributed by atoms with Crippen molar-refractivity contribution >= 4 is 11.6 Å². The number of benzene rings is 1. The van der Waals surface area contributed by atoms with Crippen LogP contribution in [0.4, 0.5) is 8.78 Å². The number of halogens is 3. The third kappa shape index (κ3) is 2.28. The van der Waals surface area contributed by atoms with Gasteiger partial charge in [0.1, 0.15) is 0 Å². The molecule has 2 nitrogen and oxygen atoms in total. The SMILES string of the molecule is NC(c1cccc(F)c1F)c1ncccc1Cl. The van der Waals surface area contributed by atoms with E-state index >= 15 is 0 Å². The normalized spacial score (nSPS) is 12.5. The van der Waals surface area contributed by atoms with Gasteiger partial charge in [-0.3, -0.25) is 4.98 Å². The predicted molar refractivity (Wildman–Crippen MR) is 61.6 cm³/mol. The smallest absolute Gasteiger partial charge is 0.163 e. The van der Waals surface area contributed by atoms with Crippen LogP contribution in [-0.4, -0.2) is 4.98 Å². The fourth-order valence-corrected chi connectivity index (χ4v) is 1.77. The van der Waals surface area contributed by atoms with Crippen molar-refractivity contribution < 1.29 is 8.78 Å². The van der Waals surface area contributed by atoms with Crippen LogP contribution in [0.1, 0.15) is 17.3 Å². The summed E-state index contributed by atoms with van der Waals surface area (Å²) < 4.78 is 26.6. The molecule has 17 heavy (non-hydrogen) atoms. The Hall–Kier alpha value is -1.52. The third-order valence-corrected chi connectivity index (χ3v) is 2.72. The van der Waals surface area contributed by atoms with Crippen molar-refractivity contribution in [2.24, 2.45) is 5.73 Å². The van der Waals surface area contributed by atoms with Gasteiger partial charge in [0, 0.05) is 11.8 Å². The molecule has 2 aromatic rings. The quantitative estimate of drug-likeness (QED) is 0.895. The Labute approximate surface area is 102 Å². The average Bonchev–Trinajstić information content (AvgIpc) is 2.32.